The summed E-state index contributed by atoms with van der Waals surface area (Å²) in [6.45, 7) is 11.8. The second-order valence-corrected chi connectivity index (χ2v) is 12.8. The van der Waals surface area contributed by atoms with Crippen molar-refractivity contribution in [3.63, 3.8) is 0 Å². The molecule has 0 spiro atoms. The zero-order valence-corrected chi connectivity index (χ0v) is 24.7. The van der Waals surface area contributed by atoms with Crippen LogP contribution in [0.4, 0.5) is 23.2 Å². The molecule has 5 atom stereocenters. The Hall–Kier alpha value is -3.14. The van der Waals surface area contributed by atoms with Gasteiger partial charge in [0.2, 0.25) is 0 Å². The Morgan fingerprint density at radius 1 is 1.12 bits per heavy atom. The number of benzene rings is 2. The molecule has 3 aliphatic carbocycles. The molecule has 2 bridgehead atoms. The van der Waals surface area contributed by atoms with Crippen molar-refractivity contribution in [2.24, 2.45) is 28.2 Å². The number of anilines is 1. The second-order valence-electron chi connectivity index (χ2n) is 12.8. The fourth-order valence-corrected chi connectivity index (χ4v) is 7.05. The minimum absolute atomic E-state index is 0.0100. The number of guanidine groups is 1. The number of hydrogen-bond donors (Lipinski definition) is 3. The molecule has 4 aliphatic rings. The zero-order chi connectivity index (χ0) is 30.2. The van der Waals surface area contributed by atoms with E-state index >= 15 is 0 Å². The topological polar surface area (TPSA) is 68.8 Å². The molecular formula is C32H41F4N5O. The molecule has 2 aromatic rings. The number of carbonyl (C=O) groups excluding carboxylic acids is 1. The lowest BCUT2D eigenvalue weighted by molar-refractivity contribution is -0.138. The number of amides is 1. The number of carbonyl (C=O) groups is 1. The van der Waals surface area contributed by atoms with Gasteiger partial charge >= 0.3 is 6.18 Å². The van der Waals surface area contributed by atoms with Crippen LogP contribution in [-0.4, -0.2) is 55.0 Å². The highest BCUT2D eigenvalue weighted by atomic mass is 19.4. The largest absolute Gasteiger partial charge is 0.416 e. The van der Waals surface area contributed by atoms with E-state index in [4.69, 9.17) is 4.99 Å². The summed E-state index contributed by atoms with van der Waals surface area (Å²) in [5.74, 6) is 1.43. The Kier molecular flexibility index (Phi) is 8.56. The van der Waals surface area contributed by atoms with Crippen molar-refractivity contribution in [1.29, 1.82) is 0 Å². The SMILES string of the molecule is C[C@H]1[C@@H](N=C(Nc2ccc(C(=O)NCCc3ccc(F)cc3C(F)(F)F)cc2)N2CCN[C@@H](C)C2)C[C@@H]2C[C@@H]1C2(C)C. The van der Waals surface area contributed by atoms with Crippen LogP contribution in [0.2, 0.25) is 0 Å². The quantitative estimate of drug-likeness (QED) is 0.222. The molecule has 0 unspecified atom stereocenters. The van der Waals surface area contributed by atoms with Crippen LogP contribution in [0.5, 0.6) is 0 Å². The first-order valence-electron chi connectivity index (χ1n) is 14.9. The van der Waals surface area contributed by atoms with Crippen LogP contribution in [0, 0.1) is 29.0 Å². The standard InChI is InChI=1S/C32H41F4N5O/c1-19-18-41(14-13-37-19)30(40-28-16-23-15-26(20(28)2)31(23,3)4)39-25-9-6-22(7-10-25)29(42)38-12-11-21-5-8-24(33)17-27(21)32(34,35)36/h5-10,17,19-20,23,26,28,37H,11-16,18H2,1-4H3,(H,38,42)(H,39,40)/t19-,20+,23-,26-,28-/m0/s1. The van der Waals surface area contributed by atoms with Crippen LogP contribution in [0.15, 0.2) is 47.5 Å². The molecule has 1 amide bonds. The molecule has 1 aliphatic heterocycles. The van der Waals surface area contributed by atoms with E-state index in [1.807, 2.05) is 12.1 Å². The van der Waals surface area contributed by atoms with E-state index in [9.17, 15) is 22.4 Å². The van der Waals surface area contributed by atoms with Gasteiger partial charge in [-0.2, -0.15) is 13.2 Å². The number of hydrogen-bond acceptors (Lipinski definition) is 3. The highest BCUT2D eigenvalue weighted by Gasteiger charge is 2.56. The first-order chi connectivity index (χ1) is 19.8. The first-order valence-corrected chi connectivity index (χ1v) is 14.9. The smallest absolute Gasteiger partial charge is 0.352 e. The summed E-state index contributed by atoms with van der Waals surface area (Å²) < 4.78 is 53.2. The average molecular weight is 588 g/mol. The van der Waals surface area contributed by atoms with Gasteiger partial charge in [0, 0.05) is 43.5 Å². The van der Waals surface area contributed by atoms with Gasteiger partial charge in [0.1, 0.15) is 5.82 Å². The van der Waals surface area contributed by atoms with Gasteiger partial charge in [-0.05, 0) is 91.3 Å². The van der Waals surface area contributed by atoms with Crippen molar-refractivity contribution in [1.82, 2.24) is 15.5 Å². The van der Waals surface area contributed by atoms with Gasteiger partial charge in [0.25, 0.3) is 5.91 Å². The van der Waals surface area contributed by atoms with Crippen LogP contribution >= 0.6 is 0 Å². The van der Waals surface area contributed by atoms with Gasteiger partial charge in [-0.15, -0.1) is 0 Å². The Morgan fingerprint density at radius 3 is 2.50 bits per heavy atom. The highest BCUT2D eigenvalue weighted by Crippen LogP contribution is 2.61. The van der Waals surface area contributed by atoms with E-state index < -0.39 is 17.6 Å². The summed E-state index contributed by atoms with van der Waals surface area (Å²) in [7, 11) is 0. The molecule has 6 rings (SSSR count). The van der Waals surface area contributed by atoms with Crippen LogP contribution in [0.25, 0.3) is 0 Å². The van der Waals surface area contributed by atoms with Crippen LogP contribution < -0.4 is 16.0 Å². The van der Waals surface area contributed by atoms with Gasteiger partial charge in [-0.25, -0.2) is 9.38 Å². The number of halogens is 4. The van der Waals surface area contributed by atoms with Crippen LogP contribution in [0.3, 0.4) is 0 Å². The van der Waals surface area contributed by atoms with Gasteiger partial charge in [0.15, 0.2) is 5.96 Å². The lowest BCUT2D eigenvalue weighted by Crippen LogP contribution is -2.57. The molecule has 4 fully saturated rings. The van der Waals surface area contributed by atoms with Crippen molar-refractivity contribution >= 4 is 17.6 Å². The third-order valence-corrected chi connectivity index (χ3v) is 9.73. The summed E-state index contributed by atoms with van der Waals surface area (Å²) in [6.07, 6.45) is -2.34. The molecular weight excluding hydrogens is 546 g/mol. The minimum atomic E-state index is -4.67. The van der Waals surface area contributed by atoms with Crippen molar-refractivity contribution < 1.29 is 22.4 Å². The Labute approximate surface area is 245 Å². The van der Waals surface area contributed by atoms with Gasteiger partial charge in [-0.3, -0.25) is 4.79 Å². The summed E-state index contributed by atoms with van der Waals surface area (Å²) in [5.41, 5.74) is 0.510. The van der Waals surface area contributed by atoms with E-state index in [0.717, 1.165) is 49.8 Å². The number of nitrogens with zero attached hydrogens (tertiary/aromatic N) is 2. The molecule has 6 nitrogen and oxygen atoms in total. The molecule has 1 saturated heterocycles. The molecule has 3 N–H and O–H groups in total. The predicted molar refractivity (Wildman–Crippen MR) is 157 cm³/mol. The minimum Gasteiger partial charge on any atom is -0.352 e. The Balaban J connectivity index is 1.24. The van der Waals surface area contributed by atoms with E-state index in [2.05, 4.69) is 48.5 Å². The van der Waals surface area contributed by atoms with Gasteiger partial charge < -0.3 is 20.9 Å². The Morgan fingerprint density at radius 2 is 1.86 bits per heavy atom. The third kappa shape index (κ3) is 6.43. The first kappa shape index (κ1) is 30.3. The number of aliphatic imine (C=N–C) groups is 1. The number of rotatable bonds is 6. The van der Waals surface area contributed by atoms with Crippen LogP contribution in [-0.2, 0) is 12.6 Å². The summed E-state index contributed by atoms with van der Waals surface area (Å²) in [5, 5.41) is 9.68. The number of piperazine rings is 1. The second kappa shape index (κ2) is 11.9. The number of fused-ring (bicyclic) bond motifs is 2. The number of nitrogens with one attached hydrogen (secondary N) is 3. The van der Waals surface area contributed by atoms with Crippen molar-refractivity contribution in [2.75, 3.05) is 31.5 Å². The summed E-state index contributed by atoms with van der Waals surface area (Å²) >= 11 is 0. The molecule has 228 valence electrons. The molecule has 42 heavy (non-hydrogen) atoms. The normalized spacial score (nSPS) is 27.3. The number of alkyl halides is 3. The third-order valence-electron chi connectivity index (χ3n) is 9.73. The van der Waals surface area contributed by atoms with Crippen molar-refractivity contribution in [3.05, 3.63) is 65.0 Å². The van der Waals surface area contributed by atoms with Crippen LogP contribution in [0.1, 0.15) is 62.0 Å². The van der Waals surface area contributed by atoms with Crippen molar-refractivity contribution in [3.8, 4) is 0 Å². The molecule has 0 aromatic heterocycles. The maximum absolute atomic E-state index is 13.4. The summed E-state index contributed by atoms with van der Waals surface area (Å²) in [6, 6.07) is 10.2. The maximum Gasteiger partial charge on any atom is 0.416 e. The maximum atomic E-state index is 13.4. The highest BCUT2D eigenvalue weighted by molar-refractivity contribution is 5.96. The fourth-order valence-electron chi connectivity index (χ4n) is 7.05. The molecule has 10 heteroatoms. The fraction of sp³-hybridized carbons (Fsp3) is 0.562. The van der Waals surface area contributed by atoms with E-state index in [1.165, 1.54) is 6.42 Å². The molecule has 3 saturated carbocycles. The van der Waals surface area contributed by atoms with Gasteiger partial charge in [-0.1, -0.05) is 26.8 Å². The molecule has 0 radical (unpaired) electrons. The monoisotopic (exact) mass is 587 g/mol. The van der Waals surface area contributed by atoms with E-state index in [-0.39, 0.29) is 30.5 Å². The Bertz CT molecular complexity index is 1310. The van der Waals surface area contributed by atoms with Crippen molar-refractivity contribution in [2.45, 2.75) is 65.2 Å². The molecule has 1 heterocycles. The van der Waals surface area contributed by atoms with E-state index in [1.54, 1.807) is 12.1 Å². The average Bonchev–Trinajstić information content (AvgIpc) is 2.94. The summed E-state index contributed by atoms with van der Waals surface area (Å²) in [4.78, 5) is 20.3. The molecule has 2 aromatic carbocycles. The zero-order valence-electron chi connectivity index (χ0n) is 24.7. The van der Waals surface area contributed by atoms with Gasteiger partial charge in [0.05, 0.1) is 11.6 Å². The lowest BCUT2D eigenvalue weighted by atomic mass is 9.45. The van der Waals surface area contributed by atoms with E-state index in [0.29, 0.717) is 40.8 Å². The lowest BCUT2D eigenvalue weighted by Gasteiger charge is -2.61. The predicted octanol–water partition coefficient (Wildman–Crippen LogP) is 5.95.